The number of carbonyl (C=O) groups excluding carboxylic acids is 2. The number of rotatable bonds is 4. The Balaban J connectivity index is 1.67. The molecule has 0 atom stereocenters. The van der Waals surface area contributed by atoms with Crippen molar-refractivity contribution in [3.05, 3.63) is 51.8 Å². The lowest BCUT2D eigenvalue weighted by molar-refractivity contribution is 0.0664. The molecular weight excluding hydrogens is 304 g/mol. The topological polar surface area (TPSA) is 109 Å². The van der Waals surface area contributed by atoms with Gasteiger partial charge in [0.25, 0.3) is 17.4 Å². The Hall–Kier alpha value is -2.61. The van der Waals surface area contributed by atoms with Crippen molar-refractivity contribution >= 4 is 29.4 Å². The molecule has 0 saturated heterocycles. The number of nitrogens with two attached hydrogens (primary N) is 1. The quantitative estimate of drug-likeness (QED) is 0.489. The number of anilines is 1. The minimum Gasteiger partial charge on any atom is -0.383 e. The number of hydrogen-bond donors (Lipinski definition) is 2. The van der Waals surface area contributed by atoms with Crippen molar-refractivity contribution in [3.63, 3.8) is 0 Å². The zero-order chi connectivity index (χ0) is 15.7. The first kappa shape index (κ1) is 14.3. The minimum atomic E-state index is -0.337. The number of H-pyrrole nitrogens is 1. The number of thioether (sulfide) groups is 1. The van der Waals surface area contributed by atoms with Gasteiger partial charge in [-0.25, -0.2) is 4.98 Å². The average molecular weight is 316 g/mol. The number of imide groups is 1. The molecule has 0 aliphatic carbocycles. The first-order valence-electron chi connectivity index (χ1n) is 6.51. The van der Waals surface area contributed by atoms with Crippen LogP contribution in [0.25, 0.3) is 0 Å². The summed E-state index contributed by atoms with van der Waals surface area (Å²) < 4.78 is 0. The maximum Gasteiger partial charge on any atom is 0.261 e. The summed E-state index contributed by atoms with van der Waals surface area (Å²) in [7, 11) is 0. The van der Waals surface area contributed by atoms with E-state index in [1.165, 1.54) is 22.7 Å². The molecule has 2 amide bonds. The number of carbonyl (C=O) groups is 2. The van der Waals surface area contributed by atoms with Crippen molar-refractivity contribution in [2.24, 2.45) is 0 Å². The molecule has 7 nitrogen and oxygen atoms in total. The Morgan fingerprint density at radius 1 is 1.14 bits per heavy atom. The number of aromatic nitrogens is 2. The van der Waals surface area contributed by atoms with Gasteiger partial charge in [-0.3, -0.25) is 19.3 Å². The fourth-order valence-electron chi connectivity index (χ4n) is 2.20. The van der Waals surface area contributed by atoms with Gasteiger partial charge in [-0.15, -0.1) is 0 Å². The maximum atomic E-state index is 12.2. The molecule has 0 radical (unpaired) electrons. The van der Waals surface area contributed by atoms with Gasteiger partial charge >= 0.3 is 0 Å². The first-order valence-corrected chi connectivity index (χ1v) is 7.49. The third-order valence-corrected chi connectivity index (χ3v) is 4.03. The highest BCUT2D eigenvalue weighted by Gasteiger charge is 2.34. The number of nitrogens with zero attached hydrogens (tertiary/aromatic N) is 2. The highest BCUT2D eigenvalue weighted by Crippen LogP contribution is 2.23. The summed E-state index contributed by atoms with van der Waals surface area (Å²) >= 11 is 1.23. The fourth-order valence-corrected chi connectivity index (χ4v) is 3.01. The third-order valence-electron chi connectivity index (χ3n) is 3.17. The molecule has 0 fully saturated rings. The molecule has 1 aromatic carbocycles. The van der Waals surface area contributed by atoms with Crippen LogP contribution in [0.3, 0.4) is 0 Å². The summed E-state index contributed by atoms with van der Waals surface area (Å²) in [5, 5.41) is 0.363. The van der Waals surface area contributed by atoms with Gasteiger partial charge in [-0.1, -0.05) is 23.9 Å². The monoisotopic (exact) mass is 316 g/mol. The summed E-state index contributed by atoms with van der Waals surface area (Å²) in [6.45, 7) is 0.232. The van der Waals surface area contributed by atoms with E-state index in [0.29, 0.717) is 22.0 Å². The lowest BCUT2D eigenvalue weighted by Gasteiger charge is -2.12. The predicted molar refractivity (Wildman–Crippen MR) is 81.8 cm³/mol. The molecule has 0 spiro atoms. The van der Waals surface area contributed by atoms with Gasteiger partial charge in [0.1, 0.15) is 5.82 Å². The van der Waals surface area contributed by atoms with E-state index in [0.717, 1.165) is 0 Å². The first-order chi connectivity index (χ1) is 10.6. The molecule has 2 aromatic rings. The van der Waals surface area contributed by atoms with Gasteiger partial charge in [0.05, 0.1) is 11.1 Å². The highest BCUT2D eigenvalue weighted by atomic mass is 32.2. The van der Waals surface area contributed by atoms with Crippen LogP contribution in [0.4, 0.5) is 5.82 Å². The van der Waals surface area contributed by atoms with Crippen LogP contribution in [0.15, 0.2) is 40.3 Å². The van der Waals surface area contributed by atoms with E-state index >= 15 is 0 Å². The van der Waals surface area contributed by atoms with Crippen LogP contribution in [0.1, 0.15) is 20.7 Å². The summed E-state index contributed by atoms with van der Waals surface area (Å²) in [5.41, 5.74) is 6.00. The smallest absolute Gasteiger partial charge is 0.261 e. The van der Waals surface area contributed by atoms with Crippen molar-refractivity contribution in [1.82, 2.24) is 14.9 Å². The van der Waals surface area contributed by atoms with Gasteiger partial charge < -0.3 is 10.7 Å². The van der Waals surface area contributed by atoms with Crippen LogP contribution in [-0.2, 0) is 0 Å². The average Bonchev–Trinajstić information content (AvgIpc) is 2.72. The molecular formula is C14H12N4O3S. The second-order valence-electron chi connectivity index (χ2n) is 4.63. The van der Waals surface area contributed by atoms with E-state index in [4.69, 9.17) is 5.73 Å². The number of aromatic amines is 1. The number of nitrogens with one attached hydrogen (secondary N) is 1. The largest absolute Gasteiger partial charge is 0.383 e. The van der Waals surface area contributed by atoms with Gasteiger partial charge in [-0.2, -0.15) is 0 Å². The zero-order valence-corrected chi connectivity index (χ0v) is 12.2. The van der Waals surface area contributed by atoms with E-state index in [-0.39, 0.29) is 29.7 Å². The molecule has 0 unspecified atom stereocenters. The van der Waals surface area contributed by atoms with Crippen LogP contribution < -0.4 is 11.3 Å². The van der Waals surface area contributed by atoms with Crippen molar-refractivity contribution in [3.8, 4) is 0 Å². The Kier molecular flexibility index (Phi) is 3.68. The van der Waals surface area contributed by atoms with Crippen molar-refractivity contribution in [2.75, 3.05) is 18.0 Å². The number of nitrogen functional groups attached to an aromatic ring is 1. The van der Waals surface area contributed by atoms with Gasteiger partial charge in [0.2, 0.25) is 0 Å². The molecule has 1 aliphatic rings. The van der Waals surface area contributed by atoms with E-state index in [2.05, 4.69) is 9.97 Å². The SMILES string of the molecule is Nc1cc(=O)[nH]c(SCCN2C(=O)c3ccccc3C2=O)n1. The van der Waals surface area contributed by atoms with Crippen LogP contribution in [0, 0.1) is 0 Å². The van der Waals surface area contributed by atoms with Gasteiger partial charge in [0, 0.05) is 18.4 Å². The Bertz CT molecular complexity index is 783. The summed E-state index contributed by atoms with van der Waals surface area (Å²) in [6.07, 6.45) is 0. The van der Waals surface area contributed by atoms with Crippen molar-refractivity contribution in [1.29, 1.82) is 0 Å². The lowest BCUT2D eigenvalue weighted by Crippen LogP contribution is -2.31. The Morgan fingerprint density at radius 2 is 1.77 bits per heavy atom. The van der Waals surface area contributed by atoms with Crippen LogP contribution >= 0.6 is 11.8 Å². The maximum absolute atomic E-state index is 12.2. The molecule has 3 N–H and O–H groups in total. The standard InChI is InChI=1S/C14H12N4O3S/c15-10-7-11(19)17-14(16-10)22-6-5-18-12(20)8-3-1-2-4-9(8)13(18)21/h1-4,7H,5-6H2,(H3,15,16,17,19). The molecule has 1 aliphatic heterocycles. The predicted octanol–water partition coefficient (Wildman–Crippen LogP) is 0.740. The molecule has 0 bridgehead atoms. The fraction of sp³-hybridized carbons (Fsp3) is 0.143. The molecule has 3 rings (SSSR count). The van der Waals surface area contributed by atoms with E-state index in [1.807, 2.05) is 0 Å². The number of amides is 2. The summed E-state index contributed by atoms with van der Waals surface area (Å²) in [5.74, 6) is -0.0462. The molecule has 112 valence electrons. The van der Waals surface area contributed by atoms with Crippen molar-refractivity contribution in [2.45, 2.75) is 5.16 Å². The lowest BCUT2D eigenvalue weighted by atomic mass is 10.1. The van der Waals surface area contributed by atoms with Gasteiger partial charge in [0.15, 0.2) is 5.16 Å². The van der Waals surface area contributed by atoms with E-state index in [9.17, 15) is 14.4 Å². The van der Waals surface area contributed by atoms with Crippen molar-refractivity contribution < 1.29 is 9.59 Å². The number of hydrogen-bond acceptors (Lipinski definition) is 6. The second-order valence-corrected chi connectivity index (χ2v) is 5.72. The van der Waals surface area contributed by atoms with Crippen LogP contribution in [-0.4, -0.2) is 39.0 Å². The second kappa shape index (κ2) is 5.64. The molecule has 22 heavy (non-hydrogen) atoms. The van der Waals surface area contributed by atoms with Gasteiger partial charge in [-0.05, 0) is 12.1 Å². The van der Waals surface area contributed by atoms with E-state index < -0.39 is 0 Å². The number of benzene rings is 1. The Labute approximate surface area is 129 Å². The summed E-state index contributed by atoms with van der Waals surface area (Å²) in [6, 6.07) is 7.92. The molecule has 1 aromatic heterocycles. The molecule has 2 heterocycles. The molecule has 8 heteroatoms. The third kappa shape index (κ3) is 2.60. The highest BCUT2D eigenvalue weighted by molar-refractivity contribution is 7.99. The van der Waals surface area contributed by atoms with Crippen LogP contribution in [0.5, 0.6) is 0 Å². The zero-order valence-electron chi connectivity index (χ0n) is 11.4. The number of fused-ring (bicyclic) bond motifs is 1. The summed E-state index contributed by atoms with van der Waals surface area (Å²) in [4.78, 5) is 43.3. The Morgan fingerprint density at radius 3 is 2.36 bits per heavy atom. The normalized spacial score (nSPS) is 13.5. The van der Waals surface area contributed by atoms with E-state index in [1.54, 1.807) is 24.3 Å². The molecule has 0 saturated carbocycles. The van der Waals surface area contributed by atoms with Crippen LogP contribution in [0.2, 0.25) is 0 Å². The minimum absolute atomic E-state index is 0.131.